The average Bonchev–Trinajstić information content (AvgIpc) is 2.83. The van der Waals surface area contributed by atoms with Gasteiger partial charge < -0.3 is 10.2 Å². The predicted octanol–water partition coefficient (Wildman–Crippen LogP) is 10.5. The van der Waals surface area contributed by atoms with E-state index in [0.717, 1.165) is 25.7 Å². The minimum absolute atomic E-state index is 0.0509. The molecule has 0 heterocycles. The van der Waals surface area contributed by atoms with Crippen molar-refractivity contribution in [1.82, 2.24) is 0 Å². The van der Waals surface area contributed by atoms with E-state index in [4.69, 9.17) is 10.2 Å². The van der Waals surface area contributed by atoms with Crippen LogP contribution in [-0.2, 0) is 0 Å². The number of hydrogen-bond acceptors (Lipinski definition) is 2. The second-order valence-electron chi connectivity index (χ2n) is 10.4. The maximum absolute atomic E-state index is 8.86. The molecule has 0 fully saturated rings. The Morgan fingerprint density at radius 2 is 0.667 bits per heavy atom. The summed E-state index contributed by atoms with van der Waals surface area (Å²) in [5, 5.41) is 17.6. The molecule has 0 aliphatic carbocycles. The predicted molar refractivity (Wildman–Crippen MR) is 150 cm³/mol. The van der Waals surface area contributed by atoms with Gasteiger partial charge in [0, 0.05) is 6.61 Å². The summed E-state index contributed by atoms with van der Waals surface area (Å²) in [7, 11) is 0. The van der Waals surface area contributed by atoms with E-state index in [2.05, 4.69) is 13.8 Å². The Balaban J connectivity index is 0. The van der Waals surface area contributed by atoms with Crippen LogP contribution < -0.4 is 0 Å². The summed E-state index contributed by atoms with van der Waals surface area (Å²) < 4.78 is 0. The standard InChI is InChI=1S/C25H52O.C6H14O/c1-2-3-4-5-6-7-8-9-10-11-12-13-14-15-16-17-18-19-20-21-22-23-24-25-26;1-3-5-6(7)4-2/h26H,2-25H2,1H3;6-7H,3-5H2,1-2H3. The highest BCUT2D eigenvalue weighted by molar-refractivity contribution is 4.51. The van der Waals surface area contributed by atoms with Crippen LogP contribution >= 0.6 is 0 Å². The van der Waals surface area contributed by atoms with E-state index < -0.39 is 0 Å². The molecule has 0 saturated heterocycles. The second-order valence-corrected chi connectivity index (χ2v) is 10.4. The van der Waals surface area contributed by atoms with Gasteiger partial charge in [-0.2, -0.15) is 0 Å². The number of hydrogen-bond donors (Lipinski definition) is 2. The van der Waals surface area contributed by atoms with Crippen LogP contribution in [0.5, 0.6) is 0 Å². The van der Waals surface area contributed by atoms with Crippen molar-refractivity contribution in [3.63, 3.8) is 0 Å². The van der Waals surface area contributed by atoms with E-state index in [-0.39, 0.29) is 6.10 Å². The fraction of sp³-hybridized carbons (Fsp3) is 1.00. The molecule has 2 nitrogen and oxygen atoms in total. The largest absolute Gasteiger partial charge is 0.396 e. The molecule has 0 radical (unpaired) electrons. The third kappa shape index (κ3) is 36.7. The summed E-state index contributed by atoms with van der Waals surface area (Å²) in [5.74, 6) is 0. The van der Waals surface area contributed by atoms with Crippen molar-refractivity contribution in [1.29, 1.82) is 0 Å². The zero-order valence-corrected chi connectivity index (χ0v) is 23.6. The van der Waals surface area contributed by atoms with Crippen molar-refractivity contribution in [2.24, 2.45) is 0 Å². The Morgan fingerprint density at radius 3 is 0.848 bits per heavy atom. The molecule has 0 spiro atoms. The molecule has 0 saturated carbocycles. The minimum Gasteiger partial charge on any atom is -0.396 e. The minimum atomic E-state index is -0.0509. The number of rotatable bonds is 26. The average molecular weight is 471 g/mol. The van der Waals surface area contributed by atoms with E-state index in [0.29, 0.717) is 6.61 Å². The van der Waals surface area contributed by atoms with Gasteiger partial charge in [0.15, 0.2) is 0 Å². The molecule has 0 aliphatic rings. The van der Waals surface area contributed by atoms with Gasteiger partial charge in [-0.15, -0.1) is 0 Å². The molecular formula is C31H66O2. The van der Waals surface area contributed by atoms with Crippen molar-refractivity contribution in [2.45, 2.75) is 194 Å². The Hall–Kier alpha value is -0.0800. The van der Waals surface area contributed by atoms with Crippen molar-refractivity contribution in [3.05, 3.63) is 0 Å². The number of aliphatic hydroxyl groups is 2. The van der Waals surface area contributed by atoms with E-state index in [1.54, 1.807) is 0 Å². The lowest BCUT2D eigenvalue weighted by molar-refractivity contribution is 0.159. The lowest BCUT2D eigenvalue weighted by Gasteiger charge is -2.04. The maximum Gasteiger partial charge on any atom is 0.0537 e. The first-order chi connectivity index (χ1) is 16.2. The van der Waals surface area contributed by atoms with Gasteiger partial charge in [0.25, 0.3) is 0 Å². The lowest BCUT2D eigenvalue weighted by atomic mass is 10.0. The van der Waals surface area contributed by atoms with Gasteiger partial charge in [0.1, 0.15) is 0 Å². The molecular weight excluding hydrogens is 404 g/mol. The third-order valence-electron chi connectivity index (χ3n) is 6.85. The molecule has 0 amide bonds. The van der Waals surface area contributed by atoms with Crippen molar-refractivity contribution in [2.75, 3.05) is 6.61 Å². The van der Waals surface area contributed by atoms with Gasteiger partial charge in [-0.3, -0.25) is 0 Å². The second kappa shape index (κ2) is 34.1. The van der Waals surface area contributed by atoms with Crippen molar-refractivity contribution in [3.8, 4) is 0 Å². The van der Waals surface area contributed by atoms with Crippen LogP contribution in [0.25, 0.3) is 0 Å². The molecule has 2 N–H and O–H groups in total. The van der Waals surface area contributed by atoms with Crippen LogP contribution in [0.3, 0.4) is 0 Å². The fourth-order valence-corrected chi connectivity index (χ4v) is 4.43. The Labute approximate surface area is 210 Å². The molecule has 2 heteroatoms. The van der Waals surface area contributed by atoms with Gasteiger partial charge in [-0.05, 0) is 19.3 Å². The molecule has 1 atom stereocenters. The first kappa shape index (κ1) is 35.1. The summed E-state index contributed by atoms with van der Waals surface area (Å²) in [4.78, 5) is 0. The van der Waals surface area contributed by atoms with E-state index in [1.165, 1.54) is 141 Å². The first-order valence-corrected chi connectivity index (χ1v) is 15.5. The smallest absolute Gasteiger partial charge is 0.0537 e. The normalized spacial score (nSPS) is 11.9. The van der Waals surface area contributed by atoms with E-state index in [1.807, 2.05) is 6.92 Å². The van der Waals surface area contributed by atoms with Crippen molar-refractivity contribution < 1.29 is 10.2 Å². The van der Waals surface area contributed by atoms with Crippen LogP contribution in [-0.4, -0.2) is 22.9 Å². The summed E-state index contributed by atoms with van der Waals surface area (Å²) in [6.07, 6.45) is 35.5. The van der Waals surface area contributed by atoms with Gasteiger partial charge >= 0.3 is 0 Å². The summed E-state index contributed by atoms with van der Waals surface area (Å²) in [6, 6.07) is 0. The van der Waals surface area contributed by atoms with E-state index >= 15 is 0 Å². The Bertz CT molecular complexity index is 281. The Kier molecular flexibility index (Phi) is 36.2. The lowest BCUT2D eigenvalue weighted by Crippen LogP contribution is -2.01. The zero-order chi connectivity index (χ0) is 24.7. The van der Waals surface area contributed by atoms with Crippen LogP contribution in [0.1, 0.15) is 188 Å². The monoisotopic (exact) mass is 471 g/mol. The maximum atomic E-state index is 8.86. The summed E-state index contributed by atoms with van der Waals surface area (Å²) in [5.41, 5.74) is 0. The summed E-state index contributed by atoms with van der Waals surface area (Å²) >= 11 is 0. The first-order valence-electron chi connectivity index (χ1n) is 15.5. The molecule has 0 rings (SSSR count). The van der Waals surface area contributed by atoms with Gasteiger partial charge in [0.2, 0.25) is 0 Å². The molecule has 0 bridgehead atoms. The van der Waals surface area contributed by atoms with E-state index in [9.17, 15) is 0 Å². The van der Waals surface area contributed by atoms with Crippen LogP contribution in [0.15, 0.2) is 0 Å². The SMILES string of the molecule is CCCC(O)CC.CCCCCCCCCCCCCCCCCCCCCCCCCO. The molecule has 33 heavy (non-hydrogen) atoms. The topological polar surface area (TPSA) is 40.5 Å². The van der Waals surface area contributed by atoms with Gasteiger partial charge in [-0.1, -0.05) is 168 Å². The number of aliphatic hydroxyl groups excluding tert-OH is 2. The highest BCUT2D eigenvalue weighted by atomic mass is 16.3. The van der Waals surface area contributed by atoms with Crippen LogP contribution in [0, 0.1) is 0 Å². The summed E-state index contributed by atoms with van der Waals surface area (Å²) in [6.45, 7) is 6.75. The number of unbranched alkanes of at least 4 members (excludes halogenated alkanes) is 22. The third-order valence-corrected chi connectivity index (χ3v) is 6.85. The highest BCUT2D eigenvalue weighted by Crippen LogP contribution is 2.15. The van der Waals surface area contributed by atoms with Crippen LogP contribution in [0.2, 0.25) is 0 Å². The Morgan fingerprint density at radius 1 is 0.394 bits per heavy atom. The molecule has 0 aromatic heterocycles. The molecule has 0 aromatic carbocycles. The van der Waals surface area contributed by atoms with Crippen LogP contribution in [0.4, 0.5) is 0 Å². The van der Waals surface area contributed by atoms with Gasteiger partial charge in [-0.25, -0.2) is 0 Å². The fourth-order valence-electron chi connectivity index (χ4n) is 4.43. The quantitative estimate of drug-likeness (QED) is 0.123. The molecule has 1 unspecified atom stereocenters. The molecule has 202 valence electrons. The molecule has 0 aromatic rings. The molecule has 0 aliphatic heterocycles. The highest BCUT2D eigenvalue weighted by Gasteiger charge is 1.96. The van der Waals surface area contributed by atoms with Gasteiger partial charge in [0.05, 0.1) is 6.10 Å². The zero-order valence-electron chi connectivity index (χ0n) is 23.6. The van der Waals surface area contributed by atoms with Crippen molar-refractivity contribution >= 4 is 0 Å².